The predicted octanol–water partition coefficient (Wildman–Crippen LogP) is 4.28. The van der Waals surface area contributed by atoms with Crippen LogP contribution in [0.1, 0.15) is 29.5 Å². The molecule has 2 heterocycles. The lowest BCUT2D eigenvalue weighted by Gasteiger charge is -2.40. The van der Waals surface area contributed by atoms with Crippen molar-refractivity contribution in [3.63, 3.8) is 0 Å². The molecule has 0 spiro atoms. The van der Waals surface area contributed by atoms with E-state index in [4.69, 9.17) is 4.74 Å². The van der Waals surface area contributed by atoms with Crippen molar-refractivity contribution < 1.29 is 27.5 Å². The van der Waals surface area contributed by atoms with E-state index in [1.807, 2.05) is 30.0 Å². The van der Waals surface area contributed by atoms with Crippen LogP contribution in [0.2, 0.25) is 0 Å². The second-order valence-electron chi connectivity index (χ2n) is 8.27. The molecule has 1 N–H and O–H groups in total. The number of ether oxygens (including phenoxy) is 1. The largest absolute Gasteiger partial charge is 0.444 e. The first kappa shape index (κ1) is 22.1. The van der Waals surface area contributed by atoms with Gasteiger partial charge in [-0.15, -0.1) is 0 Å². The molecule has 0 aromatic heterocycles. The molecule has 1 fully saturated rings. The number of benzene rings is 2. The lowest BCUT2D eigenvalue weighted by molar-refractivity contribution is -0.117. The van der Waals surface area contributed by atoms with Gasteiger partial charge in [-0.1, -0.05) is 17.7 Å². The van der Waals surface area contributed by atoms with Gasteiger partial charge in [-0.3, -0.25) is 14.6 Å². The maximum absolute atomic E-state index is 13.7. The summed E-state index contributed by atoms with van der Waals surface area (Å²) >= 11 is 0. The second kappa shape index (κ2) is 8.82. The maximum Gasteiger partial charge on any atom is 0.414 e. The lowest BCUT2D eigenvalue weighted by atomic mass is 10.00. The summed E-state index contributed by atoms with van der Waals surface area (Å²) in [5.74, 6) is -4.68. The Balaban J connectivity index is 1.37. The van der Waals surface area contributed by atoms with Crippen LogP contribution in [-0.2, 0) is 16.1 Å². The predicted molar refractivity (Wildman–Crippen MR) is 113 cm³/mol. The molecule has 0 bridgehead atoms. The molecule has 9 heteroatoms. The van der Waals surface area contributed by atoms with Crippen LogP contribution in [0.25, 0.3) is 0 Å². The number of cyclic esters (lactones) is 1. The number of hydrogen-bond acceptors (Lipinski definition) is 4. The van der Waals surface area contributed by atoms with E-state index in [2.05, 4.69) is 5.32 Å². The Morgan fingerprint density at radius 1 is 1.12 bits per heavy atom. The van der Waals surface area contributed by atoms with Gasteiger partial charge in [0.2, 0.25) is 5.91 Å². The van der Waals surface area contributed by atoms with Crippen molar-refractivity contribution in [3.8, 4) is 0 Å². The van der Waals surface area contributed by atoms with Crippen LogP contribution in [0.15, 0.2) is 24.3 Å². The highest BCUT2D eigenvalue weighted by Gasteiger charge is 2.34. The minimum absolute atomic E-state index is 0.0208. The molecular weight excluding hydrogens is 423 g/mol. The number of rotatable bonds is 4. The number of hydrogen-bond donors (Lipinski definition) is 1. The van der Waals surface area contributed by atoms with Crippen molar-refractivity contribution in [2.75, 3.05) is 29.9 Å². The molecule has 0 aliphatic carbocycles. The summed E-state index contributed by atoms with van der Waals surface area (Å²) in [5.41, 5.74) is 2.68. The van der Waals surface area contributed by atoms with E-state index in [0.717, 1.165) is 22.9 Å². The van der Waals surface area contributed by atoms with E-state index in [1.54, 1.807) is 4.90 Å². The number of piperidine rings is 1. The normalized spacial score (nSPS) is 17.2. The average Bonchev–Trinajstić information content (AvgIpc) is 2.77. The summed E-state index contributed by atoms with van der Waals surface area (Å²) in [6.45, 7) is 4.67. The summed E-state index contributed by atoms with van der Waals surface area (Å²) < 4.78 is 45.9. The topological polar surface area (TPSA) is 61.9 Å². The third kappa shape index (κ3) is 4.29. The van der Waals surface area contributed by atoms with Gasteiger partial charge < -0.3 is 10.1 Å². The van der Waals surface area contributed by atoms with E-state index >= 15 is 0 Å². The quantitative estimate of drug-likeness (QED) is 0.711. The molecule has 2 aliphatic rings. The average molecular weight is 447 g/mol. The third-order valence-electron chi connectivity index (χ3n) is 6.01. The fourth-order valence-electron chi connectivity index (χ4n) is 4.26. The molecule has 1 saturated heterocycles. The first-order valence-electron chi connectivity index (χ1n) is 10.5. The van der Waals surface area contributed by atoms with E-state index in [1.165, 1.54) is 6.92 Å². The lowest BCUT2D eigenvalue weighted by Crippen LogP contribution is -2.50. The molecule has 2 aliphatic heterocycles. The number of likely N-dealkylation sites (tertiary alicyclic amines) is 1. The van der Waals surface area contributed by atoms with Crippen LogP contribution >= 0.6 is 0 Å². The fourth-order valence-corrected chi connectivity index (χ4v) is 4.26. The van der Waals surface area contributed by atoms with Crippen molar-refractivity contribution in [1.29, 1.82) is 0 Å². The zero-order valence-electron chi connectivity index (χ0n) is 17.9. The van der Waals surface area contributed by atoms with Gasteiger partial charge in [0.05, 0.1) is 12.2 Å². The Labute approximate surface area is 183 Å². The first-order chi connectivity index (χ1) is 15.2. The van der Waals surface area contributed by atoms with Gasteiger partial charge in [0.15, 0.2) is 17.5 Å². The van der Waals surface area contributed by atoms with Gasteiger partial charge in [-0.25, -0.2) is 18.0 Å². The summed E-state index contributed by atoms with van der Waals surface area (Å²) in [6.07, 6.45) is 0.927. The standard InChI is InChI=1S/C23H24F3N3O3/c1-13-3-4-19-15(9-13)12-32-23(31)29(19)16-5-7-28(8-6-16)11-20(30)27-18-10-17(24)22(26)21(25)14(18)2/h3-4,9-10,16H,5-8,11-12H2,1-2H3,(H,27,30). The Kier molecular flexibility index (Phi) is 6.10. The Bertz CT molecular complexity index is 1070. The van der Waals surface area contributed by atoms with Crippen molar-refractivity contribution in [2.45, 2.75) is 39.3 Å². The highest BCUT2D eigenvalue weighted by Crippen LogP contribution is 2.32. The van der Waals surface area contributed by atoms with Gasteiger partial charge in [0.1, 0.15) is 6.61 Å². The number of amides is 2. The zero-order valence-corrected chi connectivity index (χ0v) is 17.9. The Morgan fingerprint density at radius 3 is 2.56 bits per heavy atom. The van der Waals surface area contributed by atoms with Crippen LogP contribution < -0.4 is 10.2 Å². The van der Waals surface area contributed by atoms with E-state index in [9.17, 15) is 22.8 Å². The van der Waals surface area contributed by atoms with E-state index in [-0.39, 0.29) is 36.5 Å². The number of halogens is 3. The van der Waals surface area contributed by atoms with Crippen LogP contribution in [-0.4, -0.2) is 42.6 Å². The van der Waals surface area contributed by atoms with Crippen LogP contribution in [0.4, 0.5) is 29.3 Å². The fraction of sp³-hybridized carbons (Fsp3) is 0.391. The van der Waals surface area contributed by atoms with Crippen LogP contribution in [0.3, 0.4) is 0 Å². The molecule has 0 atom stereocenters. The smallest absolute Gasteiger partial charge is 0.414 e. The molecule has 2 amide bonds. The summed E-state index contributed by atoms with van der Waals surface area (Å²) in [6, 6.07) is 6.64. The molecular formula is C23H24F3N3O3. The van der Waals surface area contributed by atoms with Crippen molar-refractivity contribution in [3.05, 3.63) is 58.4 Å². The second-order valence-corrected chi connectivity index (χ2v) is 8.27. The Morgan fingerprint density at radius 2 is 1.84 bits per heavy atom. The van der Waals surface area contributed by atoms with Gasteiger partial charge in [0, 0.05) is 42.0 Å². The monoisotopic (exact) mass is 447 g/mol. The van der Waals surface area contributed by atoms with Gasteiger partial charge in [-0.05, 0) is 32.8 Å². The summed E-state index contributed by atoms with van der Waals surface area (Å²) in [5, 5.41) is 2.45. The van der Waals surface area contributed by atoms with Gasteiger partial charge in [0.25, 0.3) is 0 Å². The van der Waals surface area contributed by atoms with Gasteiger partial charge >= 0.3 is 6.09 Å². The molecule has 6 nitrogen and oxygen atoms in total. The number of carbonyl (C=O) groups is 2. The molecule has 4 rings (SSSR count). The van der Waals surface area contributed by atoms with Crippen LogP contribution in [0.5, 0.6) is 0 Å². The molecule has 2 aromatic rings. The highest BCUT2D eigenvalue weighted by molar-refractivity contribution is 5.93. The molecule has 32 heavy (non-hydrogen) atoms. The maximum atomic E-state index is 13.7. The minimum atomic E-state index is -1.56. The highest BCUT2D eigenvalue weighted by atomic mass is 19.2. The van der Waals surface area contributed by atoms with E-state index < -0.39 is 23.4 Å². The first-order valence-corrected chi connectivity index (χ1v) is 10.5. The van der Waals surface area contributed by atoms with Crippen molar-refractivity contribution in [1.82, 2.24) is 4.90 Å². The number of nitrogens with zero attached hydrogens (tertiary/aromatic N) is 2. The summed E-state index contributed by atoms with van der Waals surface area (Å²) in [7, 11) is 0. The molecule has 170 valence electrons. The van der Waals surface area contributed by atoms with Crippen molar-refractivity contribution >= 4 is 23.4 Å². The molecule has 0 radical (unpaired) electrons. The SMILES string of the molecule is Cc1ccc2c(c1)COC(=O)N2C1CCN(CC(=O)Nc2cc(F)c(F)c(F)c2C)CC1. The number of carbonyl (C=O) groups excluding carboxylic acids is 2. The number of nitrogens with one attached hydrogen (secondary N) is 1. The third-order valence-corrected chi connectivity index (χ3v) is 6.01. The summed E-state index contributed by atoms with van der Waals surface area (Å²) in [4.78, 5) is 28.5. The number of anilines is 2. The van der Waals surface area contributed by atoms with E-state index in [0.29, 0.717) is 25.9 Å². The van der Waals surface area contributed by atoms with Gasteiger partial charge in [-0.2, -0.15) is 0 Å². The molecule has 0 saturated carbocycles. The molecule has 2 aromatic carbocycles. The number of fused-ring (bicyclic) bond motifs is 1. The molecule has 0 unspecified atom stereocenters. The van der Waals surface area contributed by atoms with Crippen molar-refractivity contribution in [2.24, 2.45) is 0 Å². The zero-order chi connectivity index (χ0) is 23.0. The minimum Gasteiger partial charge on any atom is -0.444 e. The Hall–Kier alpha value is -3.07. The number of aryl methyl sites for hydroxylation is 1. The van der Waals surface area contributed by atoms with Crippen LogP contribution in [0, 0.1) is 31.3 Å².